The average molecular weight is 339 g/mol. The average Bonchev–Trinajstić information content (AvgIpc) is 3.28. The van der Waals surface area contributed by atoms with Crippen molar-refractivity contribution >= 4 is 23.4 Å². The third-order valence-electron chi connectivity index (χ3n) is 3.65. The van der Waals surface area contributed by atoms with E-state index in [2.05, 4.69) is 15.5 Å². The Labute approximate surface area is 139 Å². The Bertz CT molecular complexity index is 644. The molecule has 0 radical (unpaired) electrons. The van der Waals surface area contributed by atoms with Crippen LogP contribution < -0.4 is 5.32 Å². The standard InChI is InChI=1S/C15H19ClN4OS/c1-17-8-14-18-19-15(22-9-13(21)10-5-6-10)20(14)12-4-2-3-11(16)7-12/h2-4,7,10,13,17,21H,5-6,8-9H2,1H3. The monoisotopic (exact) mass is 338 g/mol. The quantitative estimate of drug-likeness (QED) is 0.759. The highest BCUT2D eigenvalue weighted by Gasteiger charge is 2.30. The summed E-state index contributed by atoms with van der Waals surface area (Å²) in [4.78, 5) is 0. The number of benzene rings is 1. The van der Waals surface area contributed by atoms with E-state index in [0.29, 0.717) is 23.2 Å². The van der Waals surface area contributed by atoms with Gasteiger partial charge in [-0.25, -0.2) is 0 Å². The van der Waals surface area contributed by atoms with Crippen molar-refractivity contribution in [2.75, 3.05) is 12.8 Å². The van der Waals surface area contributed by atoms with Gasteiger partial charge in [0.05, 0.1) is 18.3 Å². The Morgan fingerprint density at radius 2 is 2.27 bits per heavy atom. The molecule has 5 nitrogen and oxygen atoms in total. The lowest BCUT2D eigenvalue weighted by atomic mass is 10.3. The molecule has 1 aromatic carbocycles. The van der Waals surface area contributed by atoms with Crippen molar-refractivity contribution in [3.8, 4) is 5.69 Å². The summed E-state index contributed by atoms with van der Waals surface area (Å²) in [6, 6.07) is 7.63. The Morgan fingerprint density at radius 3 is 2.95 bits per heavy atom. The van der Waals surface area contributed by atoms with Crippen LogP contribution in [0.4, 0.5) is 0 Å². The van der Waals surface area contributed by atoms with E-state index < -0.39 is 0 Å². The molecule has 2 aromatic rings. The molecule has 0 aliphatic heterocycles. The smallest absolute Gasteiger partial charge is 0.195 e. The van der Waals surface area contributed by atoms with Gasteiger partial charge in [0.25, 0.3) is 0 Å². The molecule has 118 valence electrons. The maximum absolute atomic E-state index is 10.1. The van der Waals surface area contributed by atoms with E-state index in [1.54, 1.807) is 0 Å². The number of nitrogens with one attached hydrogen (secondary N) is 1. The molecule has 3 rings (SSSR count). The maximum Gasteiger partial charge on any atom is 0.195 e. The van der Waals surface area contributed by atoms with Crippen molar-refractivity contribution in [1.82, 2.24) is 20.1 Å². The number of halogens is 1. The van der Waals surface area contributed by atoms with Gasteiger partial charge in [0.1, 0.15) is 0 Å². The van der Waals surface area contributed by atoms with Crippen LogP contribution in [-0.4, -0.2) is 38.8 Å². The molecule has 0 amide bonds. The molecular weight excluding hydrogens is 320 g/mol. The molecule has 1 saturated carbocycles. The van der Waals surface area contributed by atoms with E-state index in [1.165, 1.54) is 11.8 Å². The zero-order chi connectivity index (χ0) is 15.5. The lowest BCUT2D eigenvalue weighted by molar-refractivity contribution is 0.176. The van der Waals surface area contributed by atoms with Crippen molar-refractivity contribution in [3.05, 3.63) is 35.1 Å². The number of thioether (sulfide) groups is 1. The van der Waals surface area contributed by atoms with Crippen molar-refractivity contribution in [3.63, 3.8) is 0 Å². The minimum Gasteiger partial charge on any atom is -0.392 e. The van der Waals surface area contributed by atoms with Gasteiger partial charge in [-0.3, -0.25) is 4.57 Å². The van der Waals surface area contributed by atoms with Crippen LogP contribution in [0.5, 0.6) is 0 Å². The molecule has 1 atom stereocenters. The lowest BCUT2D eigenvalue weighted by Crippen LogP contribution is -2.14. The van der Waals surface area contributed by atoms with E-state index >= 15 is 0 Å². The summed E-state index contributed by atoms with van der Waals surface area (Å²) in [5.41, 5.74) is 0.936. The zero-order valence-electron chi connectivity index (χ0n) is 12.4. The maximum atomic E-state index is 10.1. The van der Waals surface area contributed by atoms with Gasteiger partial charge in [-0.05, 0) is 44.0 Å². The summed E-state index contributed by atoms with van der Waals surface area (Å²) >= 11 is 7.64. The minimum absolute atomic E-state index is 0.262. The zero-order valence-corrected chi connectivity index (χ0v) is 13.9. The molecule has 1 fully saturated rings. The summed E-state index contributed by atoms with van der Waals surface area (Å²) in [5.74, 6) is 1.93. The number of aliphatic hydroxyl groups is 1. The number of nitrogens with zero attached hydrogens (tertiary/aromatic N) is 3. The second-order valence-electron chi connectivity index (χ2n) is 5.46. The van der Waals surface area contributed by atoms with E-state index in [-0.39, 0.29) is 6.10 Å². The van der Waals surface area contributed by atoms with Gasteiger partial charge in [-0.1, -0.05) is 29.4 Å². The third kappa shape index (κ3) is 3.63. The fraction of sp³-hybridized carbons (Fsp3) is 0.467. The van der Waals surface area contributed by atoms with Crippen LogP contribution in [0, 0.1) is 5.92 Å². The Hall–Kier alpha value is -1.08. The van der Waals surface area contributed by atoms with Crippen LogP contribution in [0.15, 0.2) is 29.4 Å². The van der Waals surface area contributed by atoms with Crippen molar-refractivity contribution in [2.24, 2.45) is 5.92 Å². The lowest BCUT2D eigenvalue weighted by Gasteiger charge is -2.12. The molecule has 1 aliphatic rings. The van der Waals surface area contributed by atoms with Gasteiger partial charge in [-0.2, -0.15) is 0 Å². The Balaban J connectivity index is 1.85. The molecule has 0 bridgehead atoms. The first-order valence-corrected chi connectivity index (χ1v) is 8.71. The number of hydrogen-bond acceptors (Lipinski definition) is 5. The molecule has 0 saturated heterocycles. The van der Waals surface area contributed by atoms with Gasteiger partial charge in [0.15, 0.2) is 11.0 Å². The first-order valence-electron chi connectivity index (χ1n) is 7.34. The van der Waals surface area contributed by atoms with Gasteiger partial charge in [0, 0.05) is 10.8 Å². The predicted molar refractivity (Wildman–Crippen MR) is 88.6 cm³/mol. The van der Waals surface area contributed by atoms with E-state index in [9.17, 15) is 5.11 Å². The highest BCUT2D eigenvalue weighted by atomic mass is 35.5. The second kappa shape index (κ2) is 7.00. The van der Waals surface area contributed by atoms with E-state index in [4.69, 9.17) is 11.6 Å². The molecule has 22 heavy (non-hydrogen) atoms. The number of rotatable bonds is 7. The Kier molecular flexibility index (Phi) is 5.03. The van der Waals surface area contributed by atoms with Gasteiger partial charge in [-0.15, -0.1) is 10.2 Å². The van der Waals surface area contributed by atoms with Crippen molar-refractivity contribution in [1.29, 1.82) is 0 Å². The van der Waals surface area contributed by atoms with E-state index in [1.807, 2.05) is 35.9 Å². The Morgan fingerprint density at radius 1 is 1.45 bits per heavy atom. The summed E-state index contributed by atoms with van der Waals surface area (Å²) < 4.78 is 1.99. The highest BCUT2D eigenvalue weighted by Crippen LogP contribution is 2.35. The van der Waals surface area contributed by atoms with Gasteiger partial charge in [0.2, 0.25) is 0 Å². The normalized spacial score (nSPS) is 16.0. The molecule has 7 heteroatoms. The molecule has 2 N–H and O–H groups in total. The summed E-state index contributed by atoms with van der Waals surface area (Å²) in [6.07, 6.45) is 2.00. The topological polar surface area (TPSA) is 63.0 Å². The number of hydrogen-bond donors (Lipinski definition) is 2. The summed E-state index contributed by atoms with van der Waals surface area (Å²) in [6.45, 7) is 0.616. The first kappa shape index (κ1) is 15.8. The number of aromatic nitrogens is 3. The predicted octanol–water partition coefficient (Wildman–Crippen LogP) is 2.50. The fourth-order valence-corrected chi connectivity index (χ4v) is 3.53. The molecular formula is C15H19ClN4OS. The minimum atomic E-state index is -0.262. The molecule has 0 spiro atoms. The van der Waals surface area contributed by atoms with Crippen LogP contribution >= 0.6 is 23.4 Å². The molecule has 1 heterocycles. The number of aliphatic hydroxyl groups excluding tert-OH is 1. The first-order chi connectivity index (χ1) is 10.7. The van der Waals surface area contributed by atoms with Crippen LogP contribution in [0.25, 0.3) is 5.69 Å². The second-order valence-corrected chi connectivity index (χ2v) is 6.88. The van der Waals surface area contributed by atoms with Crippen LogP contribution in [-0.2, 0) is 6.54 Å². The fourth-order valence-electron chi connectivity index (χ4n) is 2.32. The van der Waals surface area contributed by atoms with Crippen LogP contribution in [0.1, 0.15) is 18.7 Å². The van der Waals surface area contributed by atoms with Gasteiger partial charge >= 0.3 is 0 Å². The molecule has 1 aliphatic carbocycles. The summed E-state index contributed by atoms with van der Waals surface area (Å²) in [5, 5.41) is 23.1. The van der Waals surface area contributed by atoms with Crippen molar-refractivity contribution in [2.45, 2.75) is 30.6 Å². The third-order valence-corrected chi connectivity index (χ3v) is 4.92. The highest BCUT2D eigenvalue weighted by molar-refractivity contribution is 7.99. The van der Waals surface area contributed by atoms with E-state index in [0.717, 1.165) is 29.5 Å². The van der Waals surface area contributed by atoms with Crippen molar-refractivity contribution < 1.29 is 5.11 Å². The summed E-state index contributed by atoms with van der Waals surface area (Å²) in [7, 11) is 1.88. The molecule has 1 unspecified atom stereocenters. The SMILES string of the molecule is CNCc1nnc(SCC(O)C2CC2)n1-c1cccc(Cl)c1. The van der Waals surface area contributed by atoms with Crippen LogP contribution in [0.2, 0.25) is 5.02 Å². The molecule has 1 aromatic heterocycles. The van der Waals surface area contributed by atoms with Gasteiger partial charge < -0.3 is 10.4 Å². The van der Waals surface area contributed by atoms with Crippen LogP contribution in [0.3, 0.4) is 0 Å². The largest absolute Gasteiger partial charge is 0.392 e.